The molecule has 3 saturated carbocycles. The second-order valence-corrected chi connectivity index (χ2v) is 10.5. The van der Waals surface area contributed by atoms with Gasteiger partial charge in [-0.1, -0.05) is 26.3 Å². The Hall–Kier alpha value is -1.12. The molecule has 5 aliphatic rings. The maximum absolute atomic E-state index is 12.8. The fourth-order valence-corrected chi connectivity index (χ4v) is 8.34. The third kappa shape index (κ3) is 1.85. The number of esters is 1. The maximum Gasteiger partial charge on any atom is 0.312 e. The summed E-state index contributed by atoms with van der Waals surface area (Å²) in [4.78, 5) is 24.8. The lowest BCUT2D eigenvalue weighted by Crippen LogP contribution is -2.55. The zero-order valence-corrected chi connectivity index (χ0v) is 16.5. The maximum atomic E-state index is 12.8. The Labute approximate surface area is 156 Å². The van der Waals surface area contributed by atoms with E-state index in [-0.39, 0.29) is 22.2 Å². The summed E-state index contributed by atoms with van der Waals surface area (Å²) in [6, 6.07) is 0. The number of allylic oxidation sites excluding steroid dienone is 1. The highest BCUT2D eigenvalue weighted by Gasteiger charge is 2.69. The molecule has 4 aliphatic carbocycles. The van der Waals surface area contributed by atoms with Crippen molar-refractivity contribution in [2.45, 2.75) is 72.1 Å². The second kappa shape index (κ2) is 5.23. The first-order valence-electron chi connectivity index (χ1n) is 10.7. The summed E-state index contributed by atoms with van der Waals surface area (Å²) in [5.41, 5.74) is 1.54. The minimum atomic E-state index is -0.206. The second-order valence-electron chi connectivity index (χ2n) is 10.5. The van der Waals surface area contributed by atoms with Crippen LogP contribution < -0.4 is 0 Å². The highest BCUT2D eigenvalue weighted by molar-refractivity contribution is 5.91. The molecule has 0 aromatic carbocycles. The molecule has 7 atom stereocenters. The molecule has 0 aromatic heterocycles. The average molecular weight is 357 g/mol. The third-order valence-electron chi connectivity index (χ3n) is 9.83. The summed E-state index contributed by atoms with van der Waals surface area (Å²) in [5, 5.41) is 0. The van der Waals surface area contributed by atoms with Gasteiger partial charge in [-0.2, -0.15) is 0 Å². The molecule has 5 rings (SSSR count). The molecule has 0 amide bonds. The Morgan fingerprint density at radius 2 is 1.81 bits per heavy atom. The fraction of sp³-hybridized carbons (Fsp3) is 0.826. The van der Waals surface area contributed by atoms with Gasteiger partial charge in [0.05, 0.1) is 12.0 Å². The molecule has 0 radical (unpaired) electrons. The van der Waals surface area contributed by atoms with Gasteiger partial charge < -0.3 is 4.74 Å². The van der Waals surface area contributed by atoms with Gasteiger partial charge in [0.15, 0.2) is 5.78 Å². The zero-order valence-electron chi connectivity index (χ0n) is 16.5. The van der Waals surface area contributed by atoms with Gasteiger partial charge in [0.1, 0.15) is 0 Å². The predicted molar refractivity (Wildman–Crippen MR) is 99.3 cm³/mol. The summed E-state index contributed by atoms with van der Waals surface area (Å²) in [6.45, 7) is 7.88. The number of ketones is 1. The lowest BCUT2D eigenvalue weighted by atomic mass is 9.43. The Balaban J connectivity index is 1.55. The van der Waals surface area contributed by atoms with Crippen LogP contribution in [0.3, 0.4) is 0 Å². The van der Waals surface area contributed by atoms with Crippen LogP contribution in [-0.4, -0.2) is 18.4 Å². The molecular formula is C23H32O3. The molecule has 1 spiro atoms. The number of hydrogen-bond acceptors (Lipinski definition) is 3. The van der Waals surface area contributed by atoms with E-state index in [0.29, 0.717) is 36.1 Å². The van der Waals surface area contributed by atoms with Crippen molar-refractivity contribution in [1.82, 2.24) is 0 Å². The molecule has 4 fully saturated rings. The molecule has 0 N–H and O–H groups in total. The van der Waals surface area contributed by atoms with Gasteiger partial charge in [-0.25, -0.2) is 0 Å². The van der Waals surface area contributed by atoms with Gasteiger partial charge in [0.25, 0.3) is 0 Å². The molecule has 26 heavy (non-hydrogen) atoms. The van der Waals surface area contributed by atoms with E-state index in [9.17, 15) is 9.59 Å². The Bertz CT molecular complexity index is 708. The van der Waals surface area contributed by atoms with Crippen LogP contribution in [0.25, 0.3) is 0 Å². The van der Waals surface area contributed by atoms with Crippen molar-refractivity contribution < 1.29 is 14.3 Å². The number of carbonyl (C=O) groups is 2. The van der Waals surface area contributed by atoms with E-state index < -0.39 is 0 Å². The molecule has 0 bridgehead atoms. The van der Waals surface area contributed by atoms with Crippen LogP contribution in [0.5, 0.6) is 0 Å². The number of rotatable bonds is 0. The molecule has 5 unspecified atom stereocenters. The van der Waals surface area contributed by atoms with Crippen LogP contribution in [0, 0.1) is 39.9 Å². The van der Waals surface area contributed by atoms with Crippen molar-refractivity contribution in [2.24, 2.45) is 39.9 Å². The van der Waals surface area contributed by atoms with Crippen LogP contribution in [0.2, 0.25) is 0 Å². The Morgan fingerprint density at radius 3 is 2.54 bits per heavy atom. The van der Waals surface area contributed by atoms with E-state index in [0.717, 1.165) is 38.5 Å². The zero-order chi connectivity index (χ0) is 18.3. The normalized spacial score (nSPS) is 53.0. The van der Waals surface area contributed by atoms with Crippen LogP contribution in [0.4, 0.5) is 0 Å². The number of carbonyl (C=O) groups excluding carboxylic acids is 2. The molecule has 0 aromatic rings. The number of fused-ring (bicyclic) bond motifs is 6. The molecule has 1 heterocycles. The van der Waals surface area contributed by atoms with Gasteiger partial charge in [-0.3, -0.25) is 9.59 Å². The first-order valence-corrected chi connectivity index (χ1v) is 10.7. The van der Waals surface area contributed by atoms with Crippen molar-refractivity contribution in [1.29, 1.82) is 0 Å². The largest absolute Gasteiger partial charge is 0.465 e. The van der Waals surface area contributed by atoms with E-state index in [1.54, 1.807) is 0 Å². The fourth-order valence-electron chi connectivity index (χ4n) is 8.34. The Morgan fingerprint density at radius 1 is 1.04 bits per heavy atom. The minimum Gasteiger partial charge on any atom is -0.465 e. The van der Waals surface area contributed by atoms with Crippen LogP contribution in [-0.2, 0) is 14.3 Å². The van der Waals surface area contributed by atoms with Gasteiger partial charge >= 0.3 is 5.97 Å². The van der Waals surface area contributed by atoms with E-state index >= 15 is 0 Å². The first-order chi connectivity index (χ1) is 12.3. The quantitative estimate of drug-likeness (QED) is 0.591. The molecule has 3 heteroatoms. The lowest BCUT2D eigenvalue weighted by molar-refractivity contribution is -0.158. The summed E-state index contributed by atoms with van der Waals surface area (Å²) < 4.78 is 5.50. The first kappa shape index (κ1) is 17.0. The van der Waals surface area contributed by atoms with E-state index in [1.807, 2.05) is 6.08 Å². The van der Waals surface area contributed by atoms with Crippen molar-refractivity contribution >= 4 is 11.8 Å². The number of hydrogen-bond donors (Lipinski definition) is 0. The van der Waals surface area contributed by atoms with Crippen LogP contribution in [0.1, 0.15) is 72.1 Å². The van der Waals surface area contributed by atoms with Crippen molar-refractivity contribution in [3.63, 3.8) is 0 Å². The van der Waals surface area contributed by atoms with Gasteiger partial charge in [0.2, 0.25) is 0 Å². The summed E-state index contributed by atoms with van der Waals surface area (Å²) in [6.07, 6.45) is 10.3. The van der Waals surface area contributed by atoms with Crippen LogP contribution >= 0.6 is 0 Å². The van der Waals surface area contributed by atoms with E-state index in [2.05, 4.69) is 20.8 Å². The van der Waals surface area contributed by atoms with E-state index in [4.69, 9.17) is 4.74 Å². The molecular weight excluding hydrogens is 324 g/mol. The standard InChI is InChI=1S/C23H32O3/c1-14-12-15-13-16(24)4-7-21(15,2)17-5-8-22(3)18(19(14)17)6-9-23(22)10-11-26-20(23)25/h13-14,17-19H,4-12H2,1-3H3/t14-,17?,18?,19?,21?,22?,23-/m1/s1. The van der Waals surface area contributed by atoms with Crippen molar-refractivity contribution in [3.8, 4) is 0 Å². The Kier molecular flexibility index (Phi) is 3.42. The summed E-state index contributed by atoms with van der Waals surface area (Å²) in [5.74, 6) is 3.05. The van der Waals surface area contributed by atoms with E-state index in [1.165, 1.54) is 18.4 Å². The topological polar surface area (TPSA) is 43.4 Å². The van der Waals surface area contributed by atoms with Crippen molar-refractivity contribution in [3.05, 3.63) is 11.6 Å². The van der Waals surface area contributed by atoms with Crippen molar-refractivity contribution in [2.75, 3.05) is 6.61 Å². The van der Waals surface area contributed by atoms with Crippen LogP contribution in [0.15, 0.2) is 11.6 Å². The monoisotopic (exact) mass is 356 g/mol. The van der Waals surface area contributed by atoms with Gasteiger partial charge in [0, 0.05) is 6.42 Å². The SMILES string of the molecule is C[C@@H]1CC2=CC(=O)CCC2(C)C2CCC3(C)C(CC[C@]34CCOC4=O)C21. The third-order valence-corrected chi connectivity index (χ3v) is 9.83. The van der Waals surface area contributed by atoms with Gasteiger partial charge in [-0.15, -0.1) is 0 Å². The highest BCUT2D eigenvalue weighted by Crippen LogP contribution is 2.72. The lowest BCUT2D eigenvalue weighted by Gasteiger charge is -2.61. The molecule has 1 aliphatic heterocycles. The highest BCUT2D eigenvalue weighted by atomic mass is 16.5. The molecule has 1 saturated heterocycles. The predicted octanol–water partition coefficient (Wildman–Crippen LogP) is 4.70. The molecule has 3 nitrogen and oxygen atoms in total. The molecule has 142 valence electrons. The average Bonchev–Trinajstić information content (AvgIpc) is 3.12. The number of ether oxygens (including phenoxy) is 1. The smallest absolute Gasteiger partial charge is 0.312 e. The summed E-state index contributed by atoms with van der Waals surface area (Å²) in [7, 11) is 0. The minimum absolute atomic E-state index is 0.0967. The summed E-state index contributed by atoms with van der Waals surface area (Å²) >= 11 is 0. The van der Waals surface area contributed by atoms with Gasteiger partial charge in [-0.05, 0) is 85.5 Å². The number of cyclic esters (lactones) is 1.